The summed E-state index contributed by atoms with van der Waals surface area (Å²) in [6.45, 7) is 6.31. The van der Waals surface area contributed by atoms with Crippen molar-refractivity contribution in [2.75, 3.05) is 38.4 Å². The molecule has 0 spiro atoms. The monoisotopic (exact) mass is 342 g/mol. The van der Waals surface area contributed by atoms with Crippen LogP contribution in [0.25, 0.3) is 0 Å². The van der Waals surface area contributed by atoms with Crippen LogP contribution in [0.5, 0.6) is 0 Å². The lowest BCUT2D eigenvalue weighted by molar-refractivity contribution is -0.116. The van der Waals surface area contributed by atoms with Crippen molar-refractivity contribution in [2.24, 2.45) is 0 Å². The number of sulfonamides is 1. The highest BCUT2D eigenvalue weighted by Gasteiger charge is 2.22. The van der Waals surface area contributed by atoms with Gasteiger partial charge in [0.15, 0.2) is 0 Å². The van der Waals surface area contributed by atoms with E-state index in [1.165, 1.54) is 7.11 Å². The van der Waals surface area contributed by atoms with Gasteiger partial charge in [0.2, 0.25) is 15.9 Å². The van der Waals surface area contributed by atoms with E-state index in [2.05, 4.69) is 26.1 Å². The van der Waals surface area contributed by atoms with Crippen molar-refractivity contribution in [3.8, 4) is 0 Å². The Morgan fingerprint density at radius 3 is 2.39 bits per heavy atom. The van der Waals surface area contributed by atoms with Crippen molar-refractivity contribution in [3.63, 3.8) is 0 Å². The molecule has 0 atom stereocenters. The third-order valence-corrected chi connectivity index (χ3v) is 4.59. The lowest BCUT2D eigenvalue weighted by atomic mass is 9.86. The van der Waals surface area contributed by atoms with Crippen LogP contribution in [0.3, 0.4) is 0 Å². The first-order valence-corrected chi connectivity index (χ1v) is 9.24. The molecule has 1 aromatic carbocycles. The van der Waals surface area contributed by atoms with Crippen molar-refractivity contribution < 1.29 is 17.9 Å². The number of carbonyl (C=O) groups excluding carboxylic acids is 1. The van der Waals surface area contributed by atoms with Gasteiger partial charge in [-0.1, -0.05) is 39.0 Å². The van der Waals surface area contributed by atoms with Crippen LogP contribution in [0.4, 0.5) is 5.69 Å². The highest BCUT2D eigenvalue weighted by atomic mass is 32.2. The molecule has 23 heavy (non-hydrogen) atoms. The fourth-order valence-electron chi connectivity index (χ4n) is 2.15. The van der Waals surface area contributed by atoms with Gasteiger partial charge in [-0.15, -0.1) is 0 Å². The summed E-state index contributed by atoms with van der Waals surface area (Å²) < 4.78 is 29.5. The molecule has 0 unspecified atom stereocenters. The van der Waals surface area contributed by atoms with Crippen LogP contribution in [-0.4, -0.2) is 51.7 Å². The van der Waals surface area contributed by atoms with E-state index in [0.29, 0.717) is 5.69 Å². The van der Waals surface area contributed by atoms with Crippen molar-refractivity contribution >= 4 is 21.6 Å². The summed E-state index contributed by atoms with van der Waals surface area (Å²) in [5, 5.41) is 2.81. The summed E-state index contributed by atoms with van der Waals surface area (Å²) in [6.07, 6.45) is 1.08. The van der Waals surface area contributed by atoms with Crippen molar-refractivity contribution in [1.29, 1.82) is 0 Å². The predicted molar refractivity (Wildman–Crippen MR) is 92.1 cm³/mol. The van der Waals surface area contributed by atoms with E-state index in [1.807, 2.05) is 24.3 Å². The smallest absolute Gasteiger partial charge is 0.239 e. The maximum absolute atomic E-state index is 12.3. The third-order valence-electron chi connectivity index (χ3n) is 3.34. The summed E-state index contributed by atoms with van der Waals surface area (Å²) in [6, 6.07) is 7.52. The van der Waals surface area contributed by atoms with Gasteiger partial charge < -0.3 is 10.1 Å². The van der Waals surface area contributed by atoms with E-state index in [1.54, 1.807) is 0 Å². The molecule has 7 heteroatoms. The largest absolute Gasteiger partial charge is 0.383 e. The molecule has 0 heterocycles. The fraction of sp³-hybridized carbons (Fsp3) is 0.562. The summed E-state index contributed by atoms with van der Waals surface area (Å²) in [7, 11) is -1.98. The minimum Gasteiger partial charge on any atom is -0.383 e. The Kier molecular flexibility index (Phi) is 6.73. The molecule has 0 bridgehead atoms. The molecular weight excluding hydrogens is 316 g/mol. The van der Waals surface area contributed by atoms with E-state index < -0.39 is 10.0 Å². The zero-order chi connectivity index (χ0) is 17.7. The molecule has 1 aromatic rings. The van der Waals surface area contributed by atoms with Crippen LogP contribution < -0.4 is 5.32 Å². The second kappa shape index (κ2) is 7.90. The van der Waals surface area contributed by atoms with E-state index in [-0.39, 0.29) is 31.0 Å². The highest BCUT2D eigenvalue weighted by molar-refractivity contribution is 7.88. The van der Waals surface area contributed by atoms with Crippen molar-refractivity contribution in [1.82, 2.24) is 4.31 Å². The summed E-state index contributed by atoms with van der Waals surface area (Å²) >= 11 is 0. The Bertz CT molecular complexity index is 636. The van der Waals surface area contributed by atoms with Gasteiger partial charge in [-0.05, 0) is 17.0 Å². The molecule has 1 rings (SSSR count). The van der Waals surface area contributed by atoms with Crippen LogP contribution in [0.2, 0.25) is 0 Å². The minimum absolute atomic E-state index is 0.129. The molecule has 1 amide bonds. The van der Waals surface area contributed by atoms with Gasteiger partial charge in [-0.3, -0.25) is 4.79 Å². The minimum atomic E-state index is -3.47. The first kappa shape index (κ1) is 19.6. The maximum Gasteiger partial charge on any atom is 0.239 e. The van der Waals surface area contributed by atoms with E-state index in [4.69, 9.17) is 4.74 Å². The number of methoxy groups -OCH3 is 1. The van der Waals surface area contributed by atoms with Crippen LogP contribution in [0.1, 0.15) is 26.3 Å². The molecule has 0 aliphatic carbocycles. The first-order valence-electron chi connectivity index (χ1n) is 7.39. The normalized spacial score (nSPS) is 12.4. The predicted octanol–water partition coefficient (Wildman–Crippen LogP) is 1.83. The number of hydrogen-bond acceptors (Lipinski definition) is 4. The number of nitrogens with zero attached hydrogens (tertiary/aromatic N) is 1. The van der Waals surface area contributed by atoms with Crippen molar-refractivity contribution in [2.45, 2.75) is 26.2 Å². The summed E-state index contributed by atoms with van der Waals surface area (Å²) in [5.41, 5.74) is 1.57. The average molecular weight is 342 g/mol. The maximum atomic E-state index is 12.3. The number of amides is 1. The lowest BCUT2D eigenvalue weighted by Gasteiger charge is -2.24. The number of nitrogens with one attached hydrogen (secondary N) is 1. The standard InChI is InChI=1S/C16H26N2O4S/c1-16(2,3)13-8-6-7-9-14(13)17-15(19)12-18(10-11-22-4)23(5,20)21/h6-9H,10-12H2,1-5H3,(H,17,19). The van der Waals surface area contributed by atoms with Gasteiger partial charge in [-0.2, -0.15) is 4.31 Å². The number of anilines is 1. The van der Waals surface area contributed by atoms with Gasteiger partial charge in [0.05, 0.1) is 19.4 Å². The molecular formula is C16H26N2O4S. The highest BCUT2D eigenvalue weighted by Crippen LogP contribution is 2.29. The van der Waals surface area contributed by atoms with Gasteiger partial charge in [-0.25, -0.2) is 8.42 Å². The van der Waals surface area contributed by atoms with Crippen LogP contribution in [-0.2, 0) is 25.0 Å². The van der Waals surface area contributed by atoms with Gasteiger partial charge in [0.25, 0.3) is 0 Å². The SMILES string of the molecule is COCCN(CC(=O)Nc1ccccc1C(C)(C)C)S(C)(=O)=O. The molecule has 0 aliphatic heterocycles. The molecule has 130 valence electrons. The average Bonchev–Trinajstić information content (AvgIpc) is 2.41. The topological polar surface area (TPSA) is 75.7 Å². The molecule has 0 fully saturated rings. The number of carbonyl (C=O) groups is 1. The van der Waals surface area contributed by atoms with Crippen molar-refractivity contribution in [3.05, 3.63) is 29.8 Å². The molecule has 6 nitrogen and oxygen atoms in total. The van der Waals surface area contributed by atoms with Crippen LogP contribution in [0, 0.1) is 0 Å². The van der Waals surface area contributed by atoms with E-state index in [0.717, 1.165) is 16.1 Å². The molecule has 0 aliphatic rings. The van der Waals surface area contributed by atoms with Crippen LogP contribution in [0.15, 0.2) is 24.3 Å². The van der Waals surface area contributed by atoms with Gasteiger partial charge in [0, 0.05) is 19.3 Å². The van der Waals surface area contributed by atoms with Crippen LogP contribution >= 0.6 is 0 Å². The summed E-state index contributed by atoms with van der Waals surface area (Å²) in [4.78, 5) is 12.3. The number of rotatable bonds is 7. The summed E-state index contributed by atoms with van der Waals surface area (Å²) in [5.74, 6) is -0.372. The second-order valence-corrected chi connectivity index (χ2v) is 8.42. The fourth-order valence-corrected chi connectivity index (χ4v) is 2.91. The van der Waals surface area contributed by atoms with Gasteiger partial charge >= 0.3 is 0 Å². The number of hydrogen-bond donors (Lipinski definition) is 1. The quantitative estimate of drug-likeness (QED) is 0.820. The zero-order valence-electron chi connectivity index (χ0n) is 14.4. The Labute approximate surface area is 138 Å². The molecule has 0 saturated heterocycles. The zero-order valence-corrected chi connectivity index (χ0v) is 15.2. The third kappa shape index (κ3) is 6.29. The Balaban J connectivity index is 2.88. The molecule has 0 aromatic heterocycles. The van der Waals surface area contributed by atoms with E-state index >= 15 is 0 Å². The Morgan fingerprint density at radius 2 is 1.87 bits per heavy atom. The number of para-hydroxylation sites is 1. The first-order chi connectivity index (χ1) is 10.6. The molecule has 1 N–H and O–H groups in total. The molecule has 0 saturated carbocycles. The Morgan fingerprint density at radius 1 is 1.26 bits per heavy atom. The van der Waals surface area contributed by atoms with E-state index in [9.17, 15) is 13.2 Å². The second-order valence-electron chi connectivity index (χ2n) is 6.43. The van der Waals surface area contributed by atoms with Gasteiger partial charge in [0.1, 0.15) is 0 Å². The molecule has 0 radical (unpaired) electrons. The lowest BCUT2D eigenvalue weighted by Crippen LogP contribution is -2.39. The number of ether oxygens (including phenoxy) is 1. The Hall–Kier alpha value is -1.44. The number of benzene rings is 1.